The van der Waals surface area contributed by atoms with Crippen LogP contribution in [0.3, 0.4) is 0 Å². The molecule has 1 aliphatic rings. The van der Waals surface area contributed by atoms with Crippen LogP contribution in [0, 0.1) is 0 Å². The van der Waals surface area contributed by atoms with E-state index in [1.807, 2.05) is 0 Å². The number of halogens is 2. The summed E-state index contributed by atoms with van der Waals surface area (Å²) in [5, 5.41) is 0. The quantitative estimate of drug-likeness (QED) is 0.633. The van der Waals surface area contributed by atoms with Crippen molar-refractivity contribution in [1.29, 1.82) is 0 Å². The van der Waals surface area contributed by atoms with Crippen LogP contribution in [0.2, 0.25) is 0 Å². The van der Waals surface area contributed by atoms with E-state index in [2.05, 4.69) is 0 Å². The van der Waals surface area contributed by atoms with Gasteiger partial charge in [0, 0.05) is 25.9 Å². The molecular formula is C8H13F2NO. The first-order chi connectivity index (χ1) is 5.61. The summed E-state index contributed by atoms with van der Waals surface area (Å²) in [6.07, 6.45) is -1.45. The van der Waals surface area contributed by atoms with Crippen molar-refractivity contribution in [3.8, 4) is 0 Å². The monoisotopic (exact) mass is 177 g/mol. The second-order valence-corrected chi connectivity index (χ2v) is 3.15. The van der Waals surface area contributed by atoms with E-state index in [-0.39, 0.29) is 5.78 Å². The molecule has 0 spiro atoms. The van der Waals surface area contributed by atoms with Crippen molar-refractivity contribution in [2.24, 2.45) is 0 Å². The number of hydrogen-bond donors (Lipinski definition) is 0. The lowest BCUT2D eigenvalue weighted by molar-refractivity contribution is -0.122. The second kappa shape index (κ2) is 3.94. The maximum Gasteiger partial charge on any atom is 0.253 e. The molecule has 0 amide bonds. The van der Waals surface area contributed by atoms with Crippen LogP contribution < -0.4 is 0 Å². The minimum Gasteiger partial charge on any atom is -0.300 e. The smallest absolute Gasteiger partial charge is 0.253 e. The SMILES string of the molecule is C[C@H](C(F)F)N1CCC(=O)CC1. The third kappa shape index (κ3) is 2.24. The predicted molar refractivity (Wildman–Crippen MR) is 41.3 cm³/mol. The molecule has 1 heterocycles. The molecule has 0 aromatic heterocycles. The van der Waals surface area contributed by atoms with Gasteiger partial charge in [0.05, 0.1) is 6.04 Å². The highest BCUT2D eigenvalue weighted by atomic mass is 19.3. The minimum atomic E-state index is -2.31. The molecule has 1 aliphatic heterocycles. The molecule has 2 nitrogen and oxygen atoms in total. The maximum atomic E-state index is 12.2. The largest absolute Gasteiger partial charge is 0.300 e. The van der Waals surface area contributed by atoms with Gasteiger partial charge in [-0.15, -0.1) is 0 Å². The maximum absolute atomic E-state index is 12.2. The standard InChI is InChI=1S/C8H13F2NO/c1-6(8(9)10)11-4-2-7(12)3-5-11/h6,8H,2-5H2,1H3/t6-/m1/s1. The molecule has 1 fully saturated rings. The van der Waals surface area contributed by atoms with Gasteiger partial charge in [-0.2, -0.15) is 0 Å². The van der Waals surface area contributed by atoms with Gasteiger partial charge in [-0.25, -0.2) is 8.78 Å². The number of carbonyl (C=O) groups is 1. The Morgan fingerprint density at radius 3 is 2.25 bits per heavy atom. The van der Waals surface area contributed by atoms with E-state index in [1.54, 1.807) is 4.90 Å². The zero-order chi connectivity index (χ0) is 9.14. The molecule has 0 saturated carbocycles. The third-order valence-electron chi connectivity index (χ3n) is 2.30. The molecule has 0 aromatic carbocycles. The summed E-state index contributed by atoms with van der Waals surface area (Å²) in [6.45, 7) is 2.48. The van der Waals surface area contributed by atoms with Crippen LogP contribution >= 0.6 is 0 Å². The lowest BCUT2D eigenvalue weighted by Crippen LogP contribution is -2.43. The van der Waals surface area contributed by atoms with Crippen molar-refractivity contribution in [2.75, 3.05) is 13.1 Å². The minimum absolute atomic E-state index is 0.188. The van der Waals surface area contributed by atoms with Gasteiger partial charge in [0.1, 0.15) is 5.78 Å². The Hall–Kier alpha value is -0.510. The molecule has 4 heteroatoms. The van der Waals surface area contributed by atoms with Gasteiger partial charge in [0.15, 0.2) is 0 Å². The first-order valence-electron chi connectivity index (χ1n) is 4.15. The molecule has 0 aromatic rings. The molecule has 70 valence electrons. The fourth-order valence-corrected chi connectivity index (χ4v) is 1.34. The Balaban J connectivity index is 2.38. The molecular weight excluding hydrogens is 164 g/mol. The molecule has 0 bridgehead atoms. The number of nitrogens with zero attached hydrogens (tertiary/aromatic N) is 1. The molecule has 0 aliphatic carbocycles. The molecule has 1 saturated heterocycles. The van der Waals surface area contributed by atoms with Gasteiger partial charge in [-0.1, -0.05) is 0 Å². The van der Waals surface area contributed by atoms with Gasteiger partial charge >= 0.3 is 0 Å². The fourth-order valence-electron chi connectivity index (χ4n) is 1.34. The molecule has 1 atom stereocenters. The summed E-state index contributed by atoms with van der Waals surface area (Å²) < 4.78 is 24.4. The number of hydrogen-bond acceptors (Lipinski definition) is 2. The number of rotatable bonds is 2. The molecule has 1 rings (SSSR count). The Kier molecular flexibility index (Phi) is 3.14. The highest BCUT2D eigenvalue weighted by Gasteiger charge is 2.26. The number of ketones is 1. The van der Waals surface area contributed by atoms with Gasteiger partial charge < -0.3 is 0 Å². The van der Waals surface area contributed by atoms with Crippen LogP contribution in [0.4, 0.5) is 8.78 Å². The molecule has 0 N–H and O–H groups in total. The van der Waals surface area contributed by atoms with Crippen molar-refractivity contribution in [3.63, 3.8) is 0 Å². The molecule has 0 radical (unpaired) electrons. The zero-order valence-electron chi connectivity index (χ0n) is 7.09. The highest BCUT2D eigenvalue weighted by Crippen LogP contribution is 2.14. The molecule has 12 heavy (non-hydrogen) atoms. The first kappa shape index (κ1) is 9.58. The van der Waals surface area contributed by atoms with E-state index in [0.29, 0.717) is 25.9 Å². The third-order valence-corrected chi connectivity index (χ3v) is 2.30. The van der Waals surface area contributed by atoms with Crippen LogP contribution in [0.5, 0.6) is 0 Å². The fraction of sp³-hybridized carbons (Fsp3) is 0.875. The van der Waals surface area contributed by atoms with Crippen LogP contribution in [-0.2, 0) is 4.79 Å². The summed E-state index contributed by atoms with van der Waals surface area (Å²) in [6, 6.07) is -0.710. The number of Topliss-reactive ketones (excluding diaryl/α,β-unsaturated/α-hetero) is 1. The van der Waals surface area contributed by atoms with E-state index in [1.165, 1.54) is 6.92 Å². The Morgan fingerprint density at radius 1 is 1.33 bits per heavy atom. The Labute approximate surface area is 70.5 Å². The highest BCUT2D eigenvalue weighted by molar-refractivity contribution is 5.79. The average Bonchev–Trinajstić information content (AvgIpc) is 2.04. The van der Waals surface area contributed by atoms with Crippen molar-refractivity contribution in [2.45, 2.75) is 32.2 Å². The Morgan fingerprint density at radius 2 is 1.83 bits per heavy atom. The van der Waals surface area contributed by atoms with E-state index in [0.717, 1.165) is 0 Å². The number of carbonyl (C=O) groups excluding carboxylic acids is 1. The van der Waals surface area contributed by atoms with Crippen LogP contribution in [0.1, 0.15) is 19.8 Å². The Bertz CT molecular complexity index is 162. The van der Waals surface area contributed by atoms with Crippen molar-refractivity contribution in [3.05, 3.63) is 0 Å². The number of piperidine rings is 1. The summed E-state index contributed by atoms with van der Waals surface area (Å²) in [5.74, 6) is 0.188. The van der Waals surface area contributed by atoms with E-state index >= 15 is 0 Å². The van der Waals surface area contributed by atoms with Crippen molar-refractivity contribution >= 4 is 5.78 Å². The summed E-state index contributed by atoms with van der Waals surface area (Å²) in [5.41, 5.74) is 0. The van der Waals surface area contributed by atoms with Crippen LogP contribution in [-0.4, -0.2) is 36.2 Å². The van der Waals surface area contributed by atoms with Gasteiger partial charge in [0.2, 0.25) is 0 Å². The van der Waals surface area contributed by atoms with Crippen molar-refractivity contribution in [1.82, 2.24) is 4.90 Å². The van der Waals surface area contributed by atoms with E-state index < -0.39 is 12.5 Å². The van der Waals surface area contributed by atoms with Crippen LogP contribution in [0.25, 0.3) is 0 Å². The first-order valence-corrected chi connectivity index (χ1v) is 4.15. The number of alkyl halides is 2. The van der Waals surface area contributed by atoms with Crippen molar-refractivity contribution < 1.29 is 13.6 Å². The lowest BCUT2D eigenvalue weighted by Gasteiger charge is -2.30. The normalized spacial score (nSPS) is 23.2. The van der Waals surface area contributed by atoms with Gasteiger partial charge in [0.25, 0.3) is 6.43 Å². The molecule has 0 unspecified atom stereocenters. The predicted octanol–water partition coefficient (Wildman–Crippen LogP) is 1.30. The zero-order valence-corrected chi connectivity index (χ0v) is 7.09. The topological polar surface area (TPSA) is 20.3 Å². The van der Waals surface area contributed by atoms with Gasteiger partial charge in [-0.05, 0) is 6.92 Å². The van der Waals surface area contributed by atoms with Gasteiger partial charge in [-0.3, -0.25) is 9.69 Å². The van der Waals surface area contributed by atoms with E-state index in [4.69, 9.17) is 0 Å². The lowest BCUT2D eigenvalue weighted by atomic mass is 10.1. The summed E-state index contributed by atoms with van der Waals surface area (Å²) in [7, 11) is 0. The summed E-state index contributed by atoms with van der Waals surface area (Å²) in [4.78, 5) is 12.5. The summed E-state index contributed by atoms with van der Waals surface area (Å²) >= 11 is 0. The second-order valence-electron chi connectivity index (χ2n) is 3.15. The average molecular weight is 177 g/mol. The van der Waals surface area contributed by atoms with E-state index in [9.17, 15) is 13.6 Å². The van der Waals surface area contributed by atoms with Crippen LogP contribution in [0.15, 0.2) is 0 Å². The number of likely N-dealkylation sites (tertiary alicyclic amines) is 1.